The summed E-state index contributed by atoms with van der Waals surface area (Å²) in [5.74, 6) is -0.230. The van der Waals surface area contributed by atoms with Gasteiger partial charge in [0.25, 0.3) is 0 Å². The van der Waals surface area contributed by atoms with E-state index in [-0.39, 0.29) is 11.9 Å². The van der Waals surface area contributed by atoms with Crippen molar-refractivity contribution in [3.8, 4) is 0 Å². The van der Waals surface area contributed by atoms with Crippen molar-refractivity contribution >= 4 is 11.6 Å². The molecule has 1 nitrogen and oxygen atoms in total. The monoisotopic (exact) mass is 249 g/mol. The summed E-state index contributed by atoms with van der Waals surface area (Å²) in [7, 11) is 1.79. The largest absolute Gasteiger partial charge is 0.309 e. The van der Waals surface area contributed by atoms with Crippen molar-refractivity contribution in [2.24, 2.45) is 0 Å². The first kappa shape index (κ1) is 12.1. The van der Waals surface area contributed by atoms with Gasteiger partial charge in [0, 0.05) is 10.6 Å². The maximum Gasteiger partial charge on any atom is 0.128 e. The fraction of sp³-hybridized carbons (Fsp3) is 0.143. The van der Waals surface area contributed by atoms with Crippen LogP contribution >= 0.6 is 11.6 Å². The van der Waals surface area contributed by atoms with Crippen LogP contribution < -0.4 is 5.32 Å². The van der Waals surface area contributed by atoms with Crippen molar-refractivity contribution < 1.29 is 4.39 Å². The Morgan fingerprint density at radius 1 is 1.00 bits per heavy atom. The average Bonchev–Trinajstić information content (AvgIpc) is 2.34. The predicted molar refractivity (Wildman–Crippen MR) is 68.8 cm³/mol. The van der Waals surface area contributed by atoms with E-state index in [1.54, 1.807) is 19.2 Å². The zero-order valence-corrected chi connectivity index (χ0v) is 10.2. The maximum absolute atomic E-state index is 13.8. The minimum Gasteiger partial charge on any atom is -0.309 e. The number of rotatable bonds is 3. The Kier molecular flexibility index (Phi) is 3.77. The zero-order valence-electron chi connectivity index (χ0n) is 9.45. The Morgan fingerprint density at radius 2 is 1.59 bits per heavy atom. The molecule has 2 aromatic rings. The molecule has 1 unspecified atom stereocenters. The molecule has 0 fully saturated rings. The quantitative estimate of drug-likeness (QED) is 0.873. The molecule has 1 atom stereocenters. The smallest absolute Gasteiger partial charge is 0.128 e. The molecule has 0 aliphatic heterocycles. The van der Waals surface area contributed by atoms with Crippen molar-refractivity contribution in [3.05, 3.63) is 70.5 Å². The van der Waals surface area contributed by atoms with Crippen molar-refractivity contribution in [2.45, 2.75) is 6.04 Å². The molecule has 0 bridgehead atoms. The van der Waals surface area contributed by atoms with Crippen LogP contribution in [0.4, 0.5) is 4.39 Å². The molecule has 0 amide bonds. The Labute approximate surface area is 105 Å². The summed E-state index contributed by atoms with van der Waals surface area (Å²) in [6, 6.07) is 13.9. The molecule has 17 heavy (non-hydrogen) atoms. The highest BCUT2D eigenvalue weighted by Gasteiger charge is 2.17. The standard InChI is InChI=1S/C14H13ClFN/c1-17-14(10-6-2-4-8-12(10)15)11-7-3-5-9-13(11)16/h2-9,14,17H,1H3. The van der Waals surface area contributed by atoms with Crippen LogP contribution in [0.3, 0.4) is 0 Å². The van der Waals surface area contributed by atoms with Gasteiger partial charge in [-0.05, 0) is 24.7 Å². The number of benzene rings is 2. The fourth-order valence-electron chi connectivity index (χ4n) is 1.90. The first-order chi connectivity index (χ1) is 8.24. The fourth-order valence-corrected chi connectivity index (χ4v) is 2.14. The van der Waals surface area contributed by atoms with E-state index in [0.29, 0.717) is 10.6 Å². The second kappa shape index (κ2) is 5.30. The van der Waals surface area contributed by atoms with E-state index in [2.05, 4.69) is 5.32 Å². The Balaban J connectivity index is 2.48. The van der Waals surface area contributed by atoms with E-state index in [1.807, 2.05) is 30.3 Å². The Hall–Kier alpha value is -1.38. The number of nitrogens with one attached hydrogen (secondary N) is 1. The number of hydrogen-bond acceptors (Lipinski definition) is 1. The van der Waals surface area contributed by atoms with Gasteiger partial charge in [0.15, 0.2) is 0 Å². The van der Waals surface area contributed by atoms with Crippen molar-refractivity contribution in [1.82, 2.24) is 5.32 Å². The average molecular weight is 250 g/mol. The molecule has 0 aliphatic carbocycles. The van der Waals surface area contributed by atoms with E-state index >= 15 is 0 Å². The van der Waals surface area contributed by atoms with Crippen LogP contribution in [0.1, 0.15) is 17.2 Å². The van der Waals surface area contributed by atoms with E-state index < -0.39 is 0 Å². The second-order valence-corrected chi connectivity index (χ2v) is 4.17. The third-order valence-corrected chi connectivity index (χ3v) is 3.07. The normalized spacial score (nSPS) is 12.4. The van der Waals surface area contributed by atoms with E-state index in [0.717, 1.165) is 5.56 Å². The molecule has 0 aromatic heterocycles. The molecule has 2 rings (SSSR count). The highest BCUT2D eigenvalue weighted by atomic mass is 35.5. The summed E-state index contributed by atoms with van der Waals surface area (Å²) in [5, 5.41) is 3.73. The highest BCUT2D eigenvalue weighted by molar-refractivity contribution is 6.31. The zero-order chi connectivity index (χ0) is 12.3. The summed E-state index contributed by atoms with van der Waals surface area (Å²) in [6.07, 6.45) is 0. The van der Waals surface area contributed by atoms with Gasteiger partial charge >= 0.3 is 0 Å². The minimum atomic E-state index is -0.232. The molecule has 0 radical (unpaired) electrons. The van der Waals surface area contributed by atoms with Crippen LogP contribution in [0.15, 0.2) is 48.5 Å². The highest BCUT2D eigenvalue weighted by Crippen LogP contribution is 2.29. The SMILES string of the molecule is CNC(c1ccccc1F)c1ccccc1Cl. The van der Waals surface area contributed by atoms with Crippen molar-refractivity contribution in [1.29, 1.82) is 0 Å². The van der Waals surface area contributed by atoms with E-state index in [9.17, 15) is 4.39 Å². The van der Waals surface area contributed by atoms with E-state index in [1.165, 1.54) is 6.07 Å². The van der Waals surface area contributed by atoms with E-state index in [4.69, 9.17) is 11.6 Å². The van der Waals surface area contributed by atoms with Crippen LogP contribution in [-0.4, -0.2) is 7.05 Å². The van der Waals surface area contributed by atoms with Crippen molar-refractivity contribution in [2.75, 3.05) is 7.05 Å². The minimum absolute atomic E-state index is 0.230. The van der Waals surface area contributed by atoms with Gasteiger partial charge in [-0.1, -0.05) is 48.0 Å². The van der Waals surface area contributed by atoms with Gasteiger partial charge in [-0.2, -0.15) is 0 Å². The third-order valence-electron chi connectivity index (χ3n) is 2.72. The molecule has 0 heterocycles. The lowest BCUT2D eigenvalue weighted by molar-refractivity contribution is 0.576. The Morgan fingerprint density at radius 3 is 2.18 bits per heavy atom. The molecule has 2 aromatic carbocycles. The molecule has 0 spiro atoms. The van der Waals surface area contributed by atoms with Gasteiger partial charge in [0.2, 0.25) is 0 Å². The lowest BCUT2D eigenvalue weighted by Gasteiger charge is -2.19. The molecule has 1 N–H and O–H groups in total. The third kappa shape index (κ3) is 2.48. The Bertz CT molecular complexity index is 468. The first-order valence-electron chi connectivity index (χ1n) is 5.40. The number of hydrogen-bond donors (Lipinski definition) is 1. The van der Waals surface area contributed by atoms with Gasteiger partial charge in [-0.25, -0.2) is 4.39 Å². The van der Waals surface area contributed by atoms with Crippen LogP contribution in [-0.2, 0) is 0 Å². The number of halogens is 2. The molecule has 0 saturated carbocycles. The van der Waals surface area contributed by atoms with Gasteiger partial charge in [0.05, 0.1) is 6.04 Å². The predicted octanol–water partition coefficient (Wildman–Crippen LogP) is 3.79. The maximum atomic E-state index is 13.8. The summed E-state index contributed by atoms with van der Waals surface area (Å²) in [6.45, 7) is 0. The molecule has 0 saturated heterocycles. The van der Waals surface area contributed by atoms with Crippen LogP contribution in [0.2, 0.25) is 5.02 Å². The van der Waals surface area contributed by atoms with Gasteiger partial charge in [-0.15, -0.1) is 0 Å². The van der Waals surface area contributed by atoms with Gasteiger partial charge in [-0.3, -0.25) is 0 Å². The lowest BCUT2D eigenvalue weighted by atomic mass is 9.98. The second-order valence-electron chi connectivity index (χ2n) is 3.76. The molecule has 88 valence electrons. The summed E-state index contributed by atoms with van der Waals surface area (Å²) >= 11 is 6.14. The van der Waals surface area contributed by atoms with Gasteiger partial charge < -0.3 is 5.32 Å². The summed E-state index contributed by atoms with van der Waals surface area (Å²) in [5.41, 5.74) is 1.48. The molecule has 3 heteroatoms. The van der Waals surface area contributed by atoms with Crippen molar-refractivity contribution in [3.63, 3.8) is 0 Å². The lowest BCUT2D eigenvalue weighted by Crippen LogP contribution is -2.19. The van der Waals surface area contributed by atoms with Crippen LogP contribution in [0.25, 0.3) is 0 Å². The summed E-state index contributed by atoms with van der Waals surface area (Å²) < 4.78 is 13.8. The molecular weight excluding hydrogens is 237 g/mol. The van der Waals surface area contributed by atoms with Crippen LogP contribution in [0.5, 0.6) is 0 Å². The first-order valence-corrected chi connectivity index (χ1v) is 5.78. The summed E-state index contributed by atoms with van der Waals surface area (Å²) in [4.78, 5) is 0. The molecular formula is C14H13ClFN. The van der Waals surface area contributed by atoms with Crippen LogP contribution in [0, 0.1) is 5.82 Å². The van der Waals surface area contributed by atoms with Gasteiger partial charge in [0.1, 0.15) is 5.82 Å². The topological polar surface area (TPSA) is 12.0 Å². The molecule has 0 aliphatic rings.